The lowest BCUT2D eigenvalue weighted by Crippen LogP contribution is -2.33. The molecule has 0 spiro atoms. The smallest absolute Gasteiger partial charge is 0.308 e. The Morgan fingerprint density at radius 3 is 2.47 bits per heavy atom. The first-order valence-corrected chi connectivity index (χ1v) is 10.00. The highest BCUT2D eigenvalue weighted by Gasteiger charge is 2.48. The number of carbonyl (C=O) groups is 2. The van der Waals surface area contributed by atoms with Gasteiger partial charge in [0.2, 0.25) is 0 Å². The summed E-state index contributed by atoms with van der Waals surface area (Å²) in [6.45, 7) is 6.96. The molecule has 1 aromatic heterocycles. The Hall–Kier alpha value is -3.41. The maximum absolute atomic E-state index is 11.6. The van der Waals surface area contributed by atoms with Crippen LogP contribution in [0, 0.1) is 6.92 Å². The summed E-state index contributed by atoms with van der Waals surface area (Å²) in [5.41, 5.74) is 5.55. The molecule has 1 aliphatic carbocycles. The van der Waals surface area contributed by atoms with Crippen LogP contribution in [0.4, 0.5) is 5.69 Å². The fraction of sp³-hybridized carbons (Fsp3) is 0.292. The number of para-hydroxylation sites is 2. The third-order valence-corrected chi connectivity index (χ3v) is 6.05. The third-order valence-electron chi connectivity index (χ3n) is 6.05. The number of aryl methyl sites for hydroxylation is 1. The van der Waals surface area contributed by atoms with Gasteiger partial charge < -0.3 is 14.8 Å². The van der Waals surface area contributed by atoms with Crippen LogP contribution >= 0.6 is 0 Å². The van der Waals surface area contributed by atoms with E-state index >= 15 is 0 Å². The van der Waals surface area contributed by atoms with Crippen molar-refractivity contribution in [3.8, 4) is 11.5 Å². The molecule has 1 N–H and O–H groups in total. The normalized spacial score (nSPS) is 20.9. The van der Waals surface area contributed by atoms with Gasteiger partial charge in [-0.1, -0.05) is 24.3 Å². The van der Waals surface area contributed by atoms with E-state index in [1.54, 1.807) is 6.07 Å². The average molecular weight is 402 g/mol. The Bertz CT molecular complexity index is 1250. The molecule has 6 nitrogen and oxygen atoms in total. The van der Waals surface area contributed by atoms with E-state index < -0.39 is 0 Å². The SMILES string of the molecule is CC(=O)Oc1cccc2c1NC1(C)CC2c2c1c(C)nc1c(OC(C)=O)cccc21. The number of fused-ring (bicyclic) bond motifs is 9. The fourth-order valence-corrected chi connectivity index (χ4v) is 5.18. The summed E-state index contributed by atoms with van der Waals surface area (Å²) in [6.07, 6.45) is 0.873. The summed E-state index contributed by atoms with van der Waals surface area (Å²) in [5, 5.41) is 4.63. The highest BCUT2D eigenvalue weighted by Crippen LogP contribution is 2.58. The largest absolute Gasteiger partial charge is 0.424 e. The Balaban J connectivity index is 1.79. The first-order chi connectivity index (χ1) is 14.3. The van der Waals surface area contributed by atoms with Crippen molar-refractivity contribution < 1.29 is 19.1 Å². The summed E-state index contributed by atoms with van der Waals surface area (Å²) in [5.74, 6) is 0.415. The number of carbonyl (C=O) groups excluding carboxylic acids is 2. The van der Waals surface area contributed by atoms with E-state index in [0.29, 0.717) is 17.0 Å². The van der Waals surface area contributed by atoms with Crippen molar-refractivity contribution in [3.05, 3.63) is 58.8 Å². The minimum atomic E-state index is -0.369. The van der Waals surface area contributed by atoms with Gasteiger partial charge in [-0.25, -0.2) is 4.98 Å². The second kappa shape index (κ2) is 6.29. The molecule has 0 fully saturated rings. The highest BCUT2D eigenvalue weighted by atomic mass is 16.5. The van der Waals surface area contributed by atoms with Crippen LogP contribution in [0.3, 0.4) is 0 Å². The van der Waals surface area contributed by atoms with Gasteiger partial charge in [-0.05, 0) is 43.5 Å². The number of pyridine rings is 1. The van der Waals surface area contributed by atoms with Crippen LogP contribution in [-0.2, 0) is 15.1 Å². The number of aromatic nitrogens is 1. The van der Waals surface area contributed by atoms with Crippen LogP contribution in [0.5, 0.6) is 11.5 Å². The summed E-state index contributed by atoms with van der Waals surface area (Å²) >= 11 is 0. The van der Waals surface area contributed by atoms with E-state index in [4.69, 9.17) is 14.5 Å². The highest BCUT2D eigenvalue weighted by molar-refractivity contribution is 5.93. The number of hydrogen-bond acceptors (Lipinski definition) is 6. The first-order valence-electron chi connectivity index (χ1n) is 10.00. The van der Waals surface area contributed by atoms with E-state index in [0.717, 1.165) is 34.3 Å². The molecule has 2 unspecified atom stereocenters. The number of hydrogen-bond donors (Lipinski definition) is 1. The molecule has 5 rings (SSSR count). The van der Waals surface area contributed by atoms with Crippen LogP contribution in [0.25, 0.3) is 10.9 Å². The van der Waals surface area contributed by atoms with Crippen molar-refractivity contribution in [2.45, 2.75) is 45.6 Å². The van der Waals surface area contributed by atoms with E-state index in [1.807, 2.05) is 31.2 Å². The molecule has 2 bridgehead atoms. The minimum Gasteiger partial charge on any atom is -0.424 e. The lowest BCUT2D eigenvalue weighted by Gasteiger charge is -2.35. The Kier molecular flexibility index (Phi) is 3.90. The second-order valence-corrected chi connectivity index (χ2v) is 8.26. The van der Waals surface area contributed by atoms with Crippen molar-refractivity contribution in [1.29, 1.82) is 0 Å². The number of nitrogens with one attached hydrogen (secondary N) is 1. The Morgan fingerprint density at radius 2 is 1.73 bits per heavy atom. The number of rotatable bonds is 2. The quantitative estimate of drug-likeness (QED) is 0.500. The summed E-state index contributed by atoms with van der Waals surface area (Å²) in [4.78, 5) is 28.1. The van der Waals surface area contributed by atoms with Crippen molar-refractivity contribution >= 4 is 28.5 Å². The number of ether oxygens (including phenoxy) is 2. The maximum Gasteiger partial charge on any atom is 0.308 e. The van der Waals surface area contributed by atoms with Crippen LogP contribution in [-0.4, -0.2) is 16.9 Å². The zero-order chi connectivity index (χ0) is 21.2. The second-order valence-electron chi connectivity index (χ2n) is 8.26. The van der Waals surface area contributed by atoms with Crippen molar-refractivity contribution in [2.24, 2.45) is 0 Å². The van der Waals surface area contributed by atoms with E-state index in [-0.39, 0.29) is 23.4 Å². The molecule has 30 heavy (non-hydrogen) atoms. The fourth-order valence-electron chi connectivity index (χ4n) is 5.18. The van der Waals surface area contributed by atoms with Gasteiger partial charge in [0.1, 0.15) is 5.52 Å². The Morgan fingerprint density at radius 1 is 1.07 bits per heavy atom. The van der Waals surface area contributed by atoms with Gasteiger partial charge in [-0.3, -0.25) is 9.59 Å². The number of nitrogens with zero attached hydrogens (tertiary/aromatic N) is 1. The molecule has 0 radical (unpaired) electrons. The topological polar surface area (TPSA) is 77.5 Å². The molecule has 0 saturated heterocycles. The zero-order valence-electron chi connectivity index (χ0n) is 17.3. The van der Waals surface area contributed by atoms with E-state index in [2.05, 4.69) is 18.3 Å². The lowest BCUT2D eigenvalue weighted by atomic mass is 9.84. The predicted octanol–water partition coefficient (Wildman–Crippen LogP) is 4.57. The molecule has 2 atom stereocenters. The molecule has 152 valence electrons. The molecule has 2 heterocycles. The monoisotopic (exact) mass is 402 g/mol. The third kappa shape index (κ3) is 2.60. The number of anilines is 1. The number of esters is 2. The molecule has 0 saturated carbocycles. The van der Waals surface area contributed by atoms with Gasteiger partial charge in [-0.2, -0.15) is 0 Å². The van der Waals surface area contributed by atoms with Gasteiger partial charge in [0.05, 0.1) is 11.2 Å². The molecular weight excluding hydrogens is 380 g/mol. The van der Waals surface area contributed by atoms with Crippen molar-refractivity contribution in [2.75, 3.05) is 5.32 Å². The van der Waals surface area contributed by atoms with Gasteiger partial charge in [0.15, 0.2) is 11.5 Å². The first kappa shape index (κ1) is 18.6. The molecule has 2 aromatic carbocycles. The molecular formula is C24H22N2O4. The maximum atomic E-state index is 11.6. The van der Waals surface area contributed by atoms with E-state index in [9.17, 15) is 9.59 Å². The van der Waals surface area contributed by atoms with Gasteiger partial charge >= 0.3 is 11.9 Å². The molecule has 0 amide bonds. The van der Waals surface area contributed by atoms with Crippen LogP contribution < -0.4 is 14.8 Å². The van der Waals surface area contributed by atoms with Gasteiger partial charge in [0.25, 0.3) is 0 Å². The zero-order valence-corrected chi connectivity index (χ0v) is 17.3. The lowest BCUT2D eigenvalue weighted by molar-refractivity contribution is -0.132. The Labute approximate surface area is 174 Å². The predicted molar refractivity (Wildman–Crippen MR) is 113 cm³/mol. The summed E-state index contributed by atoms with van der Waals surface area (Å²) in [6, 6.07) is 11.5. The van der Waals surface area contributed by atoms with Crippen molar-refractivity contribution in [1.82, 2.24) is 4.98 Å². The minimum absolute atomic E-state index is 0.119. The van der Waals surface area contributed by atoms with E-state index in [1.165, 1.54) is 19.4 Å². The van der Waals surface area contributed by atoms with Crippen molar-refractivity contribution in [3.63, 3.8) is 0 Å². The molecule has 2 aliphatic rings. The van der Waals surface area contributed by atoms with Gasteiger partial charge in [-0.15, -0.1) is 0 Å². The summed E-state index contributed by atoms with van der Waals surface area (Å²) in [7, 11) is 0. The molecule has 3 aromatic rings. The summed E-state index contributed by atoms with van der Waals surface area (Å²) < 4.78 is 10.9. The van der Waals surface area contributed by atoms with Gasteiger partial charge in [0, 0.05) is 36.4 Å². The van der Waals surface area contributed by atoms with Crippen LogP contribution in [0.2, 0.25) is 0 Å². The standard InChI is InChI=1S/C24H22N2O4/c1-12-21-20(16-8-6-9-18(22(16)25-12)29-13(2)27)17-11-24(21,4)26-23-15(17)7-5-10-19(23)30-14(3)28/h5-10,17,26H,11H2,1-4H3. The number of benzene rings is 2. The molecule has 1 aliphatic heterocycles. The molecule has 6 heteroatoms. The van der Waals surface area contributed by atoms with Crippen LogP contribution in [0.1, 0.15) is 55.5 Å². The average Bonchev–Trinajstić information content (AvgIpc) is 2.92. The van der Waals surface area contributed by atoms with Crippen LogP contribution in [0.15, 0.2) is 36.4 Å².